The summed E-state index contributed by atoms with van der Waals surface area (Å²) in [5.74, 6) is 1.59. The van der Waals surface area contributed by atoms with E-state index < -0.39 is 9.84 Å². The van der Waals surface area contributed by atoms with Crippen LogP contribution in [0.15, 0.2) is 28.8 Å². The minimum atomic E-state index is -2.87. The molecule has 1 saturated heterocycles. The summed E-state index contributed by atoms with van der Waals surface area (Å²) in [6.07, 6.45) is 1.19. The standard InChI is InChI=1S/C14H17N3O3S.ClH/c15-8-10-1-3-12(4-2-10)14-16-13(20-17-14)7-11-5-6-21(18,19)9-11;/h1-4,11H,5-9,15H2;1H. The average molecular weight is 344 g/mol. The van der Waals surface area contributed by atoms with Crippen molar-refractivity contribution in [2.75, 3.05) is 11.5 Å². The summed E-state index contributed by atoms with van der Waals surface area (Å²) in [7, 11) is -2.87. The van der Waals surface area contributed by atoms with Gasteiger partial charge in [0.15, 0.2) is 9.84 Å². The molecule has 120 valence electrons. The number of aromatic nitrogens is 2. The summed E-state index contributed by atoms with van der Waals surface area (Å²) in [6, 6.07) is 7.65. The Morgan fingerprint density at radius 1 is 1.27 bits per heavy atom. The molecule has 1 unspecified atom stereocenters. The van der Waals surface area contributed by atoms with Crippen molar-refractivity contribution in [3.8, 4) is 11.4 Å². The number of halogens is 1. The molecule has 1 aliphatic heterocycles. The first kappa shape index (κ1) is 16.9. The van der Waals surface area contributed by atoms with Gasteiger partial charge in [0.1, 0.15) is 0 Å². The van der Waals surface area contributed by atoms with Crippen molar-refractivity contribution in [2.45, 2.75) is 19.4 Å². The predicted molar refractivity (Wildman–Crippen MR) is 85.3 cm³/mol. The first-order chi connectivity index (χ1) is 10.1. The molecule has 0 amide bonds. The highest BCUT2D eigenvalue weighted by atomic mass is 35.5. The maximum atomic E-state index is 11.4. The van der Waals surface area contributed by atoms with Crippen molar-refractivity contribution in [1.29, 1.82) is 0 Å². The molecule has 1 fully saturated rings. The SMILES string of the molecule is Cl.NCc1ccc(-c2noc(CC3CCS(=O)(=O)C3)n2)cc1. The van der Waals surface area contributed by atoms with E-state index in [1.807, 2.05) is 24.3 Å². The molecule has 1 aromatic heterocycles. The third-order valence-corrected chi connectivity index (χ3v) is 5.54. The summed E-state index contributed by atoms with van der Waals surface area (Å²) in [6.45, 7) is 0.494. The fraction of sp³-hybridized carbons (Fsp3) is 0.429. The summed E-state index contributed by atoms with van der Waals surface area (Å²) in [5, 5.41) is 3.95. The first-order valence-electron chi connectivity index (χ1n) is 6.88. The van der Waals surface area contributed by atoms with Crippen LogP contribution in [0, 0.1) is 5.92 Å². The Kier molecular flexibility index (Phi) is 5.20. The third-order valence-electron chi connectivity index (χ3n) is 3.71. The van der Waals surface area contributed by atoms with Gasteiger partial charge in [-0.15, -0.1) is 12.4 Å². The Labute approximate surface area is 135 Å². The topological polar surface area (TPSA) is 99.1 Å². The molecule has 1 aliphatic rings. The van der Waals surface area contributed by atoms with Gasteiger partial charge in [0.2, 0.25) is 11.7 Å². The largest absolute Gasteiger partial charge is 0.339 e. The number of hydrogen-bond donors (Lipinski definition) is 1. The van der Waals surface area contributed by atoms with Crippen molar-refractivity contribution >= 4 is 22.2 Å². The number of hydrogen-bond acceptors (Lipinski definition) is 6. The Morgan fingerprint density at radius 2 is 2.00 bits per heavy atom. The summed E-state index contributed by atoms with van der Waals surface area (Å²) in [4.78, 5) is 4.34. The molecule has 6 nitrogen and oxygen atoms in total. The van der Waals surface area contributed by atoms with E-state index in [0.717, 1.165) is 11.1 Å². The molecule has 0 aliphatic carbocycles. The zero-order chi connectivity index (χ0) is 14.9. The Bertz CT molecular complexity index is 728. The van der Waals surface area contributed by atoms with Gasteiger partial charge in [-0.05, 0) is 17.9 Å². The lowest BCUT2D eigenvalue weighted by molar-refractivity contribution is 0.359. The number of nitrogens with zero attached hydrogens (tertiary/aromatic N) is 2. The van der Waals surface area contributed by atoms with Crippen LogP contribution in [-0.2, 0) is 22.8 Å². The van der Waals surface area contributed by atoms with Crippen LogP contribution >= 0.6 is 12.4 Å². The normalized spacial score (nSPS) is 19.8. The molecular weight excluding hydrogens is 326 g/mol. The molecule has 0 bridgehead atoms. The van der Waals surface area contributed by atoms with Crippen LogP contribution < -0.4 is 5.73 Å². The molecule has 22 heavy (non-hydrogen) atoms. The Balaban J connectivity index is 0.00000176. The van der Waals surface area contributed by atoms with Crippen molar-refractivity contribution in [3.05, 3.63) is 35.7 Å². The van der Waals surface area contributed by atoms with Gasteiger partial charge >= 0.3 is 0 Å². The van der Waals surface area contributed by atoms with E-state index in [1.165, 1.54) is 0 Å². The summed E-state index contributed by atoms with van der Waals surface area (Å²) < 4.78 is 28.1. The highest BCUT2D eigenvalue weighted by molar-refractivity contribution is 7.91. The van der Waals surface area contributed by atoms with Gasteiger partial charge in [-0.3, -0.25) is 0 Å². The van der Waals surface area contributed by atoms with Crippen molar-refractivity contribution < 1.29 is 12.9 Å². The maximum Gasteiger partial charge on any atom is 0.227 e. The van der Waals surface area contributed by atoms with Crippen LogP contribution in [0.25, 0.3) is 11.4 Å². The first-order valence-corrected chi connectivity index (χ1v) is 8.70. The van der Waals surface area contributed by atoms with Crippen LogP contribution in [0.5, 0.6) is 0 Å². The molecule has 1 aromatic carbocycles. The molecule has 0 spiro atoms. The fourth-order valence-corrected chi connectivity index (χ4v) is 4.39. The molecule has 2 N–H and O–H groups in total. The number of benzene rings is 1. The van der Waals surface area contributed by atoms with Crippen molar-refractivity contribution in [1.82, 2.24) is 10.1 Å². The minimum absolute atomic E-state index is 0. The van der Waals surface area contributed by atoms with E-state index in [9.17, 15) is 8.42 Å². The molecule has 3 rings (SSSR count). The van der Waals surface area contributed by atoms with E-state index in [4.69, 9.17) is 10.3 Å². The van der Waals surface area contributed by atoms with Gasteiger partial charge in [0, 0.05) is 18.5 Å². The quantitative estimate of drug-likeness (QED) is 0.905. The van der Waals surface area contributed by atoms with Crippen LogP contribution in [0.1, 0.15) is 17.9 Å². The highest BCUT2D eigenvalue weighted by Crippen LogP contribution is 2.23. The van der Waals surface area contributed by atoms with Gasteiger partial charge in [-0.1, -0.05) is 29.4 Å². The Morgan fingerprint density at radius 3 is 2.59 bits per heavy atom. The van der Waals surface area contributed by atoms with E-state index in [0.29, 0.717) is 31.1 Å². The highest BCUT2D eigenvalue weighted by Gasteiger charge is 2.29. The van der Waals surface area contributed by atoms with Gasteiger partial charge in [-0.2, -0.15) is 4.98 Å². The molecule has 0 saturated carbocycles. The monoisotopic (exact) mass is 343 g/mol. The second-order valence-corrected chi connectivity index (χ2v) is 7.61. The maximum absolute atomic E-state index is 11.4. The van der Waals surface area contributed by atoms with Gasteiger partial charge in [0.25, 0.3) is 0 Å². The molecule has 8 heteroatoms. The van der Waals surface area contributed by atoms with Crippen LogP contribution in [0.4, 0.5) is 0 Å². The van der Waals surface area contributed by atoms with E-state index in [2.05, 4.69) is 10.1 Å². The minimum Gasteiger partial charge on any atom is -0.339 e. The lowest BCUT2D eigenvalue weighted by Crippen LogP contribution is -2.07. The fourth-order valence-electron chi connectivity index (χ4n) is 2.52. The summed E-state index contributed by atoms with van der Waals surface area (Å²) >= 11 is 0. The second kappa shape index (κ2) is 6.76. The summed E-state index contributed by atoms with van der Waals surface area (Å²) in [5.41, 5.74) is 7.46. The predicted octanol–water partition coefficient (Wildman–Crippen LogP) is 1.59. The molecule has 2 aromatic rings. The van der Waals surface area contributed by atoms with Crippen molar-refractivity contribution in [2.24, 2.45) is 11.7 Å². The van der Waals surface area contributed by atoms with Crippen molar-refractivity contribution in [3.63, 3.8) is 0 Å². The van der Waals surface area contributed by atoms with E-state index in [-0.39, 0.29) is 29.8 Å². The second-order valence-electron chi connectivity index (χ2n) is 5.39. The zero-order valence-electron chi connectivity index (χ0n) is 11.9. The molecule has 0 radical (unpaired) electrons. The van der Waals surface area contributed by atoms with Gasteiger partial charge in [0.05, 0.1) is 11.5 Å². The van der Waals surface area contributed by atoms with Crippen LogP contribution in [0.2, 0.25) is 0 Å². The van der Waals surface area contributed by atoms with Gasteiger partial charge in [-0.25, -0.2) is 8.42 Å². The molecule has 2 heterocycles. The van der Waals surface area contributed by atoms with E-state index >= 15 is 0 Å². The average Bonchev–Trinajstić information content (AvgIpc) is 3.06. The van der Waals surface area contributed by atoms with Gasteiger partial charge < -0.3 is 10.3 Å². The Hall–Kier alpha value is -1.44. The zero-order valence-corrected chi connectivity index (χ0v) is 13.6. The number of sulfone groups is 1. The third kappa shape index (κ3) is 3.85. The smallest absolute Gasteiger partial charge is 0.227 e. The van der Waals surface area contributed by atoms with Crippen LogP contribution in [0.3, 0.4) is 0 Å². The molecular formula is C14H18ClN3O3S. The van der Waals surface area contributed by atoms with E-state index in [1.54, 1.807) is 0 Å². The lowest BCUT2D eigenvalue weighted by Gasteiger charge is -2.01. The van der Waals surface area contributed by atoms with Crippen LogP contribution in [-0.4, -0.2) is 30.1 Å². The molecule has 1 atom stereocenters. The lowest BCUT2D eigenvalue weighted by atomic mass is 10.1. The number of rotatable bonds is 4. The number of nitrogens with two attached hydrogens (primary N) is 1.